The van der Waals surface area contributed by atoms with Gasteiger partial charge in [-0.05, 0) is 51.7 Å². The van der Waals surface area contributed by atoms with Crippen molar-refractivity contribution in [3.8, 4) is 0 Å². The maximum atomic E-state index is 12.1. The van der Waals surface area contributed by atoms with E-state index in [2.05, 4.69) is 16.1 Å². The van der Waals surface area contributed by atoms with Gasteiger partial charge in [0, 0.05) is 4.91 Å². The van der Waals surface area contributed by atoms with Gasteiger partial charge in [-0.25, -0.2) is 4.79 Å². The molecule has 0 N–H and O–H groups in total. The molecule has 0 spiro atoms. The SMILES string of the molecule is CCOC(=O)/C(=C/c1c2ccccc2cc2ccccc12)N=[N+]=[N-]. The molecule has 118 valence electrons. The Bertz CT molecular complexity index is 948. The van der Waals surface area contributed by atoms with Gasteiger partial charge in [-0.1, -0.05) is 53.6 Å². The number of fused-ring (bicyclic) bond motifs is 2. The zero-order valence-electron chi connectivity index (χ0n) is 13.1. The Hall–Kier alpha value is -3.30. The Morgan fingerprint density at radius 3 is 2.25 bits per heavy atom. The average molecular weight is 317 g/mol. The summed E-state index contributed by atoms with van der Waals surface area (Å²) in [6.45, 7) is 1.92. The Morgan fingerprint density at radius 2 is 1.71 bits per heavy atom. The van der Waals surface area contributed by atoms with Crippen molar-refractivity contribution >= 4 is 33.6 Å². The molecule has 0 heterocycles. The third-order valence-corrected chi connectivity index (χ3v) is 3.73. The van der Waals surface area contributed by atoms with E-state index in [0.717, 1.165) is 27.1 Å². The molecular weight excluding hydrogens is 302 g/mol. The van der Waals surface area contributed by atoms with Gasteiger partial charge in [-0.2, -0.15) is 0 Å². The summed E-state index contributed by atoms with van der Waals surface area (Å²) in [6.07, 6.45) is 1.60. The minimum absolute atomic E-state index is 0.0548. The number of benzene rings is 3. The molecule has 0 aliphatic rings. The van der Waals surface area contributed by atoms with Gasteiger partial charge in [0.2, 0.25) is 0 Å². The number of carbonyl (C=O) groups is 1. The normalized spacial score (nSPS) is 11.3. The van der Waals surface area contributed by atoms with Crippen LogP contribution < -0.4 is 0 Å². The van der Waals surface area contributed by atoms with Gasteiger partial charge >= 0.3 is 5.97 Å². The van der Waals surface area contributed by atoms with Crippen LogP contribution in [-0.2, 0) is 9.53 Å². The molecule has 0 fully saturated rings. The molecule has 24 heavy (non-hydrogen) atoms. The predicted molar refractivity (Wildman–Crippen MR) is 95.2 cm³/mol. The van der Waals surface area contributed by atoms with Crippen molar-refractivity contribution < 1.29 is 9.53 Å². The van der Waals surface area contributed by atoms with Crippen molar-refractivity contribution in [3.05, 3.63) is 76.3 Å². The third kappa shape index (κ3) is 2.93. The highest BCUT2D eigenvalue weighted by Crippen LogP contribution is 2.30. The second kappa shape index (κ2) is 6.86. The number of hydrogen-bond acceptors (Lipinski definition) is 3. The first-order valence-electron chi connectivity index (χ1n) is 7.59. The van der Waals surface area contributed by atoms with Gasteiger partial charge in [0.25, 0.3) is 0 Å². The van der Waals surface area contributed by atoms with Crippen LogP contribution in [0.2, 0.25) is 0 Å². The lowest BCUT2D eigenvalue weighted by atomic mass is 9.96. The van der Waals surface area contributed by atoms with Crippen molar-refractivity contribution in [2.75, 3.05) is 6.61 Å². The van der Waals surface area contributed by atoms with E-state index >= 15 is 0 Å². The number of esters is 1. The highest BCUT2D eigenvalue weighted by molar-refractivity contribution is 6.09. The first kappa shape index (κ1) is 15.6. The van der Waals surface area contributed by atoms with Gasteiger partial charge in [-0.15, -0.1) is 0 Å². The Labute approximate surface area is 138 Å². The summed E-state index contributed by atoms with van der Waals surface area (Å²) in [4.78, 5) is 14.8. The number of nitrogens with zero attached hydrogens (tertiary/aromatic N) is 3. The number of carbonyl (C=O) groups excluding carboxylic acids is 1. The molecule has 0 aromatic heterocycles. The van der Waals surface area contributed by atoms with Crippen LogP contribution in [0, 0.1) is 0 Å². The van der Waals surface area contributed by atoms with Crippen LogP contribution in [0.3, 0.4) is 0 Å². The van der Waals surface area contributed by atoms with Crippen LogP contribution in [0.5, 0.6) is 0 Å². The summed E-state index contributed by atoms with van der Waals surface area (Å²) in [6, 6.07) is 17.9. The smallest absolute Gasteiger partial charge is 0.340 e. The molecular formula is C19H15N3O2. The van der Waals surface area contributed by atoms with Gasteiger partial charge in [0.15, 0.2) is 0 Å². The lowest BCUT2D eigenvalue weighted by molar-refractivity contribution is -0.138. The van der Waals surface area contributed by atoms with Crippen molar-refractivity contribution in [1.29, 1.82) is 0 Å². The number of azide groups is 1. The second-order valence-electron chi connectivity index (χ2n) is 5.17. The Balaban J connectivity index is 2.34. The van der Waals surface area contributed by atoms with Crippen molar-refractivity contribution in [1.82, 2.24) is 0 Å². The molecule has 0 unspecified atom stereocenters. The van der Waals surface area contributed by atoms with E-state index in [1.54, 1.807) is 13.0 Å². The summed E-state index contributed by atoms with van der Waals surface area (Å²) in [5.41, 5.74) is 9.55. The average Bonchev–Trinajstić information content (AvgIpc) is 2.61. The van der Waals surface area contributed by atoms with Crippen molar-refractivity contribution in [2.45, 2.75) is 6.92 Å². The topological polar surface area (TPSA) is 75.1 Å². The van der Waals surface area contributed by atoms with Crippen LogP contribution in [0.4, 0.5) is 0 Å². The number of rotatable bonds is 4. The molecule has 0 amide bonds. The van der Waals surface area contributed by atoms with E-state index in [-0.39, 0.29) is 12.3 Å². The monoisotopic (exact) mass is 317 g/mol. The van der Waals surface area contributed by atoms with Crippen molar-refractivity contribution in [2.24, 2.45) is 5.11 Å². The van der Waals surface area contributed by atoms with Gasteiger partial charge in [-0.3, -0.25) is 0 Å². The summed E-state index contributed by atoms with van der Waals surface area (Å²) in [7, 11) is 0. The molecule has 0 aliphatic heterocycles. The van der Waals surface area contributed by atoms with E-state index < -0.39 is 5.97 Å². The van der Waals surface area contributed by atoms with Crippen LogP contribution >= 0.6 is 0 Å². The highest BCUT2D eigenvalue weighted by atomic mass is 16.5. The second-order valence-corrected chi connectivity index (χ2v) is 5.17. The van der Waals surface area contributed by atoms with E-state index in [1.807, 2.05) is 48.5 Å². The van der Waals surface area contributed by atoms with Crippen LogP contribution in [-0.4, -0.2) is 12.6 Å². The molecule has 5 nitrogen and oxygen atoms in total. The molecule has 0 bridgehead atoms. The van der Waals surface area contributed by atoms with Gasteiger partial charge in [0.1, 0.15) is 5.70 Å². The zero-order chi connectivity index (χ0) is 16.9. The molecule has 3 aromatic carbocycles. The lowest BCUT2D eigenvalue weighted by Gasteiger charge is -2.09. The molecule has 3 rings (SSSR count). The summed E-state index contributed by atoms with van der Waals surface area (Å²) in [5.74, 6) is -0.632. The molecule has 0 aliphatic carbocycles. The lowest BCUT2D eigenvalue weighted by Crippen LogP contribution is -2.05. The highest BCUT2D eigenvalue weighted by Gasteiger charge is 2.12. The molecule has 5 heteroatoms. The van der Waals surface area contributed by atoms with E-state index in [4.69, 9.17) is 10.3 Å². The third-order valence-electron chi connectivity index (χ3n) is 3.73. The fourth-order valence-corrected chi connectivity index (χ4v) is 2.72. The Kier molecular flexibility index (Phi) is 4.45. The summed E-state index contributed by atoms with van der Waals surface area (Å²) < 4.78 is 4.98. The summed E-state index contributed by atoms with van der Waals surface area (Å²) >= 11 is 0. The zero-order valence-corrected chi connectivity index (χ0v) is 13.1. The quantitative estimate of drug-likeness (QED) is 0.165. The standard InChI is InChI=1S/C19H15N3O2/c1-2-24-19(23)18(21-22-20)12-17-15-9-5-3-7-13(15)11-14-8-4-6-10-16(14)17/h3-12H,2H2,1H3/b18-12-. The fraction of sp³-hybridized carbons (Fsp3) is 0.105. The largest absolute Gasteiger partial charge is 0.462 e. The van der Waals surface area contributed by atoms with Crippen molar-refractivity contribution in [3.63, 3.8) is 0 Å². The van der Waals surface area contributed by atoms with Crippen LogP contribution in [0.1, 0.15) is 12.5 Å². The molecule has 3 aromatic rings. The first-order valence-corrected chi connectivity index (χ1v) is 7.59. The maximum Gasteiger partial charge on any atom is 0.340 e. The predicted octanol–water partition coefficient (Wildman–Crippen LogP) is 5.21. The van der Waals surface area contributed by atoms with Crippen LogP contribution in [0.25, 0.3) is 38.1 Å². The molecule has 0 saturated carbocycles. The number of ether oxygens (including phenoxy) is 1. The minimum atomic E-state index is -0.632. The molecule has 0 atom stereocenters. The maximum absolute atomic E-state index is 12.1. The van der Waals surface area contributed by atoms with Crippen LogP contribution in [0.15, 0.2) is 65.4 Å². The number of hydrogen-bond donors (Lipinski definition) is 0. The van der Waals surface area contributed by atoms with E-state index in [9.17, 15) is 4.79 Å². The molecule has 0 saturated heterocycles. The molecule has 0 radical (unpaired) electrons. The first-order chi connectivity index (χ1) is 11.7. The minimum Gasteiger partial charge on any atom is -0.462 e. The van der Waals surface area contributed by atoms with E-state index in [0.29, 0.717) is 0 Å². The van der Waals surface area contributed by atoms with Gasteiger partial charge in [0.05, 0.1) is 6.61 Å². The Morgan fingerprint density at radius 1 is 1.12 bits per heavy atom. The fourth-order valence-electron chi connectivity index (χ4n) is 2.72. The van der Waals surface area contributed by atoms with E-state index in [1.165, 1.54) is 0 Å². The van der Waals surface area contributed by atoms with Gasteiger partial charge < -0.3 is 4.74 Å². The summed E-state index contributed by atoms with van der Waals surface area (Å²) in [5, 5.41) is 7.57.